The number of benzene rings is 1. The topological polar surface area (TPSA) is 49.6 Å². The Hall–Kier alpha value is -1.86. The van der Waals surface area contributed by atoms with Crippen LogP contribution in [0, 0.1) is 0 Å². The largest absolute Gasteiger partial charge is 0.459 e. The zero-order chi connectivity index (χ0) is 17.9. The fraction of sp³-hybridized carbons (Fsp3) is 0.263. The molecule has 3 aromatic rings. The molecule has 2 aromatic heterocycles. The summed E-state index contributed by atoms with van der Waals surface area (Å²) in [7, 11) is 0. The summed E-state index contributed by atoms with van der Waals surface area (Å²) in [4.78, 5) is 21.2. The minimum atomic E-state index is -0.0334. The number of hydrogen-bond donors (Lipinski definition) is 0. The van der Waals surface area contributed by atoms with E-state index in [-0.39, 0.29) is 18.3 Å². The lowest BCUT2D eigenvalue weighted by Gasteiger charge is -2.33. The Morgan fingerprint density at radius 2 is 1.89 bits per heavy atom. The van der Waals surface area contributed by atoms with Crippen LogP contribution in [0.1, 0.15) is 15.6 Å². The number of hydrogen-bond acceptors (Lipinski definition) is 5. The standard InChI is InChI=1S/C19H18ClN3O2S.ClH/c20-15-5-3-14(4-6-15)16-13-26-18(21-16)12-22-7-9-23(10-8-22)19(24)17-2-1-11-25-17;/h1-6,11,13H,7-10,12H2;1H. The number of halogens is 2. The van der Waals surface area contributed by atoms with Gasteiger partial charge in [-0.15, -0.1) is 23.7 Å². The fourth-order valence-electron chi connectivity index (χ4n) is 2.99. The number of nitrogens with zero attached hydrogens (tertiary/aromatic N) is 3. The lowest BCUT2D eigenvalue weighted by atomic mass is 10.2. The summed E-state index contributed by atoms with van der Waals surface area (Å²) in [5.74, 6) is 0.375. The second-order valence-electron chi connectivity index (χ2n) is 6.18. The number of thiazole rings is 1. The van der Waals surface area contributed by atoms with Crippen molar-refractivity contribution in [2.75, 3.05) is 26.2 Å². The molecule has 1 aliphatic heterocycles. The van der Waals surface area contributed by atoms with Crippen LogP contribution in [0.15, 0.2) is 52.5 Å². The Kier molecular flexibility index (Phi) is 6.55. The van der Waals surface area contributed by atoms with E-state index >= 15 is 0 Å². The van der Waals surface area contributed by atoms with Gasteiger partial charge in [-0.25, -0.2) is 4.98 Å². The summed E-state index contributed by atoms with van der Waals surface area (Å²) in [5.41, 5.74) is 2.05. The molecular weight excluding hydrogens is 405 g/mol. The predicted molar refractivity (Wildman–Crippen MR) is 110 cm³/mol. The van der Waals surface area contributed by atoms with Gasteiger partial charge >= 0.3 is 0 Å². The van der Waals surface area contributed by atoms with Crippen LogP contribution in [0.5, 0.6) is 0 Å². The highest BCUT2D eigenvalue weighted by molar-refractivity contribution is 7.09. The van der Waals surface area contributed by atoms with E-state index in [0.29, 0.717) is 18.8 Å². The van der Waals surface area contributed by atoms with Gasteiger partial charge in [0.15, 0.2) is 5.76 Å². The van der Waals surface area contributed by atoms with Crippen LogP contribution >= 0.6 is 35.3 Å². The molecule has 0 aliphatic carbocycles. The third-order valence-electron chi connectivity index (χ3n) is 4.44. The molecule has 5 nitrogen and oxygen atoms in total. The molecule has 3 heterocycles. The Bertz CT molecular complexity index is 873. The van der Waals surface area contributed by atoms with Crippen molar-refractivity contribution in [3.05, 3.63) is 63.8 Å². The van der Waals surface area contributed by atoms with Gasteiger partial charge in [-0.05, 0) is 24.3 Å². The number of aromatic nitrogens is 1. The number of carbonyl (C=O) groups excluding carboxylic acids is 1. The Balaban J connectivity index is 0.00000210. The minimum Gasteiger partial charge on any atom is -0.459 e. The molecule has 0 saturated carbocycles. The van der Waals surface area contributed by atoms with E-state index < -0.39 is 0 Å². The van der Waals surface area contributed by atoms with Crippen molar-refractivity contribution < 1.29 is 9.21 Å². The molecule has 1 fully saturated rings. The van der Waals surface area contributed by atoms with Crippen molar-refractivity contribution >= 4 is 41.3 Å². The molecule has 27 heavy (non-hydrogen) atoms. The van der Waals surface area contributed by atoms with Gasteiger partial charge in [-0.3, -0.25) is 9.69 Å². The molecule has 1 amide bonds. The predicted octanol–water partition coefficient (Wildman–Crippen LogP) is 4.44. The summed E-state index contributed by atoms with van der Waals surface area (Å²) < 4.78 is 5.20. The van der Waals surface area contributed by atoms with Gasteiger partial charge in [0.1, 0.15) is 5.01 Å². The summed E-state index contributed by atoms with van der Waals surface area (Å²) >= 11 is 7.61. The van der Waals surface area contributed by atoms with E-state index in [1.807, 2.05) is 29.2 Å². The van der Waals surface area contributed by atoms with E-state index in [0.717, 1.165) is 40.9 Å². The van der Waals surface area contributed by atoms with Crippen LogP contribution in [-0.2, 0) is 6.54 Å². The van der Waals surface area contributed by atoms with E-state index in [1.54, 1.807) is 23.5 Å². The normalized spacial score (nSPS) is 14.8. The number of furan rings is 1. The molecule has 0 atom stereocenters. The second kappa shape index (κ2) is 8.89. The van der Waals surface area contributed by atoms with Gasteiger partial charge in [0.2, 0.25) is 0 Å². The van der Waals surface area contributed by atoms with Crippen LogP contribution in [-0.4, -0.2) is 46.9 Å². The van der Waals surface area contributed by atoms with Crippen molar-refractivity contribution in [1.82, 2.24) is 14.8 Å². The van der Waals surface area contributed by atoms with Crippen molar-refractivity contribution in [3.63, 3.8) is 0 Å². The molecular formula is C19H19Cl2N3O2S. The van der Waals surface area contributed by atoms with Gasteiger partial charge in [0.25, 0.3) is 5.91 Å². The molecule has 8 heteroatoms. The minimum absolute atomic E-state index is 0. The van der Waals surface area contributed by atoms with Crippen molar-refractivity contribution in [2.45, 2.75) is 6.54 Å². The third-order valence-corrected chi connectivity index (χ3v) is 5.53. The first-order chi connectivity index (χ1) is 12.7. The summed E-state index contributed by atoms with van der Waals surface area (Å²) in [6.45, 7) is 3.88. The van der Waals surface area contributed by atoms with Crippen LogP contribution < -0.4 is 0 Å². The fourth-order valence-corrected chi connectivity index (χ4v) is 3.96. The highest BCUT2D eigenvalue weighted by Gasteiger charge is 2.24. The summed E-state index contributed by atoms with van der Waals surface area (Å²) in [5, 5.41) is 3.89. The number of piperazine rings is 1. The molecule has 142 valence electrons. The Morgan fingerprint density at radius 3 is 2.56 bits per heavy atom. The van der Waals surface area contributed by atoms with E-state index in [4.69, 9.17) is 21.0 Å². The molecule has 0 unspecified atom stereocenters. The molecule has 4 rings (SSSR count). The Morgan fingerprint density at radius 1 is 1.15 bits per heavy atom. The first-order valence-electron chi connectivity index (χ1n) is 8.44. The van der Waals surface area contributed by atoms with Gasteiger partial charge in [0, 0.05) is 42.1 Å². The molecule has 0 spiro atoms. The van der Waals surface area contributed by atoms with Crippen molar-refractivity contribution in [2.24, 2.45) is 0 Å². The highest BCUT2D eigenvalue weighted by atomic mass is 35.5. The average molecular weight is 424 g/mol. The van der Waals surface area contributed by atoms with E-state index in [9.17, 15) is 4.79 Å². The second-order valence-corrected chi connectivity index (χ2v) is 7.56. The van der Waals surface area contributed by atoms with Crippen LogP contribution in [0.3, 0.4) is 0 Å². The smallest absolute Gasteiger partial charge is 0.289 e. The maximum atomic E-state index is 12.3. The number of rotatable bonds is 4. The highest BCUT2D eigenvalue weighted by Crippen LogP contribution is 2.24. The van der Waals surface area contributed by atoms with Crippen molar-refractivity contribution in [1.29, 1.82) is 0 Å². The van der Waals surface area contributed by atoms with Crippen LogP contribution in [0.2, 0.25) is 5.02 Å². The van der Waals surface area contributed by atoms with Crippen LogP contribution in [0.25, 0.3) is 11.3 Å². The Labute approximate surface area is 173 Å². The molecule has 0 N–H and O–H groups in total. The van der Waals surface area contributed by atoms with E-state index in [2.05, 4.69) is 10.3 Å². The number of amides is 1. The summed E-state index contributed by atoms with van der Waals surface area (Å²) in [6.07, 6.45) is 1.53. The van der Waals surface area contributed by atoms with Crippen molar-refractivity contribution in [3.8, 4) is 11.3 Å². The first kappa shape index (κ1) is 19.9. The molecule has 1 aliphatic rings. The molecule has 1 saturated heterocycles. The summed E-state index contributed by atoms with van der Waals surface area (Å²) in [6, 6.07) is 11.2. The SMILES string of the molecule is Cl.O=C(c1ccco1)N1CCN(Cc2nc(-c3ccc(Cl)cc3)cs2)CC1. The van der Waals surface area contributed by atoms with Crippen LogP contribution in [0.4, 0.5) is 0 Å². The van der Waals surface area contributed by atoms with Gasteiger partial charge in [0.05, 0.1) is 18.5 Å². The van der Waals surface area contributed by atoms with Gasteiger partial charge in [-0.2, -0.15) is 0 Å². The van der Waals surface area contributed by atoms with E-state index in [1.165, 1.54) is 6.26 Å². The van der Waals surface area contributed by atoms with Gasteiger partial charge in [-0.1, -0.05) is 23.7 Å². The zero-order valence-corrected chi connectivity index (χ0v) is 16.9. The lowest BCUT2D eigenvalue weighted by Crippen LogP contribution is -2.48. The average Bonchev–Trinajstić information content (AvgIpc) is 3.35. The third kappa shape index (κ3) is 4.71. The number of carbonyl (C=O) groups is 1. The maximum absolute atomic E-state index is 12.3. The monoisotopic (exact) mass is 423 g/mol. The molecule has 0 bridgehead atoms. The zero-order valence-electron chi connectivity index (χ0n) is 14.5. The quantitative estimate of drug-likeness (QED) is 0.622. The molecule has 0 radical (unpaired) electrons. The maximum Gasteiger partial charge on any atom is 0.289 e. The first-order valence-corrected chi connectivity index (χ1v) is 9.70. The molecule has 1 aromatic carbocycles. The lowest BCUT2D eigenvalue weighted by molar-refractivity contribution is 0.0598. The van der Waals surface area contributed by atoms with Gasteiger partial charge < -0.3 is 9.32 Å².